The van der Waals surface area contributed by atoms with Gasteiger partial charge in [-0.1, -0.05) is 11.6 Å². The summed E-state index contributed by atoms with van der Waals surface area (Å²) in [6, 6.07) is 5.17. The molecule has 0 heterocycles. The summed E-state index contributed by atoms with van der Waals surface area (Å²) in [5.74, 6) is 0.660. The number of hydrogen-bond donors (Lipinski definition) is 0. The maximum Gasteiger partial charge on any atom is 0.203 e. The minimum Gasteiger partial charge on any atom is -0.497 e. The first-order valence-electron chi connectivity index (χ1n) is 3.44. The average molecular weight is 184 g/mol. The number of carbonyl (C=O) groups excluding carboxylic acids is 1. The van der Waals surface area contributed by atoms with E-state index in [-0.39, 0.29) is 6.42 Å². The van der Waals surface area contributed by atoms with Crippen LogP contribution in [0, 0.1) is 0 Å². The van der Waals surface area contributed by atoms with Crippen LogP contribution >= 0.6 is 11.6 Å². The van der Waals surface area contributed by atoms with Gasteiger partial charge in [-0.3, -0.25) is 4.79 Å². The lowest BCUT2D eigenvalue weighted by Gasteiger charge is -2.02. The van der Waals surface area contributed by atoms with E-state index in [0.29, 0.717) is 10.8 Å². The molecule has 0 fully saturated rings. The van der Waals surface area contributed by atoms with Gasteiger partial charge in [0.05, 0.1) is 7.11 Å². The van der Waals surface area contributed by atoms with E-state index in [1.54, 1.807) is 31.6 Å². The van der Waals surface area contributed by atoms with Gasteiger partial charge < -0.3 is 4.74 Å². The quantitative estimate of drug-likeness (QED) is 0.717. The summed E-state index contributed by atoms with van der Waals surface area (Å²) in [4.78, 5) is 10.1. The van der Waals surface area contributed by atoms with Crippen LogP contribution in [0.5, 0.6) is 5.75 Å². The Hall–Kier alpha value is -1.02. The van der Waals surface area contributed by atoms with Gasteiger partial charge in [0, 0.05) is 11.4 Å². The lowest BCUT2D eigenvalue weighted by Crippen LogP contribution is -1.88. The molecule has 0 spiro atoms. The summed E-state index contributed by atoms with van der Waals surface area (Å²) >= 11 is 5.75. The van der Waals surface area contributed by atoms with Crippen LogP contribution in [0.2, 0.25) is 5.02 Å². The van der Waals surface area contributed by atoms with Gasteiger partial charge in [-0.25, -0.2) is 0 Å². The molecule has 1 aromatic carbocycles. The van der Waals surface area contributed by atoms with Crippen molar-refractivity contribution in [2.45, 2.75) is 6.42 Å². The summed E-state index contributed by atoms with van der Waals surface area (Å²) in [6.07, 6.45) is 2.05. The van der Waals surface area contributed by atoms with E-state index in [1.165, 1.54) is 0 Å². The van der Waals surface area contributed by atoms with Crippen molar-refractivity contribution in [1.82, 2.24) is 0 Å². The molecule has 0 N–H and O–H groups in total. The monoisotopic (exact) mass is 183 g/mol. The van der Waals surface area contributed by atoms with Gasteiger partial charge in [-0.2, -0.15) is 0 Å². The van der Waals surface area contributed by atoms with Gasteiger partial charge in [-0.15, -0.1) is 0 Å². The second-order valence-electron chi connectivity index (χ2n) is 2.32. The molecular weight excluding hydrogens is 176 g/mol. The lowest BCUT2D eigenvalue weighted by atomic mass is 10.1. The van der Waals surface area contributed by atoms with Gasteiger partial charge in [0.1, 0.15) is 5.75 Å². The van der Waals surface area contributed by atoms with Gasteiger partial charge >= 0.3 is 0 Å². The fraction of sp³-hybridized carbons (Fsp3) is 0.222. The molecule has 12 heavy (non-hydrogen) atoms. The summed E-state index contributed by atoms with van der Waals surface area (Å²) < 4.78 is 4.97. The Labute approximate surface area is 76.1 Å². The van der Waals surface area contributed by atoms with Crippen LogP contribution < -0.4 is 4.74 Å². The van der Waals surface area contributed by atoms with Crippen LogP contribution in [0.4, 0.5) is 0 Å². The van der Waals surface area contributed by atoms with Gasteiger partial charge in [-0.05, 0) is 23.8 Å². The zero-order valence-electron chi connectivity index (χ0n) is 6.63. The standard InChI is InChI=1S/C9H8ClO2/c1-12-9-5-7(2-3-11)4-8(10)6-9/h4-6H,2H2,1H3. The topological polar surface area (TPSA) is 26.3 Å². The Kier molecular flexibility index (Phi) is 3.11. The SMILES string of the molecule is COc1cc(Cl)cc(C[C]=O)c1. The second-order valence-corrected chi connectivity index (χ2v) is 2.76. The highest BCUT2D eigenvalue weighted by Crippen LogP contribution is 2.20. The molecule has 0 unspecified atom stereocenters. The van der Waals surface area contributed by atoms with Gasteiger partial charge in [0.15, 0.2) is 0 Å². The highest BCUT2D eigenvalue weighted by atomic mass is 35.5. The molecule has 63 valence electrons. The number of ether oxygens (including phenoxy) is 1. The van der Waals surface area contributed by atoms with Crippen molar-refractivity contribution in [2.75, 3.05) is 7.11 Å². The highest BCUT2D eigenvalue weighted by Gasteiger charge is 1.98. The number of rotatable bonds is 3. The van der Waals surface area contributed by atoms with E-state index in [4.69, 9.17) is 16.3 Å². The Morgan fingerprint density at radius 3 is 2.83 bits per heavy atom. The first-order chi connectivity index (χ1) is 5.76. The third kappa shape index (κ3) is 2.24. The van der Waals surface area contributed by atoms with Crippen LogP contribution in [-0.4, -0.2) is 13.4 Å². The van der Waals surface area contributed by atoms with E-state index in [2.05, 4.69) is 0 Å². The summed E-state index contributed by atoms with van der Waals surface area (Å²) in [7, 11) is 1.56. The predicted molar refractivity (Wildman–Crippen MR) is 47.4 cm³/mol. The molecule has 3 heteroatoms. The Morgan fingerprint density at radius 1 is 1.50 bits per heavy atom. The normalized spacial score (nSPS) is 9.50. The fourth-order valence-corrected chi connectivity index (χ4v) is 1.17. The van der Waals surface area contributed by atoms with Crippen molar-refractivity contribution in [3.63, 3.8) is 0 Å². The third-order valence-corrected chi connectivity index (χ3v) is 1.66. The maximum atomic E-state index is 10.1. The summed E-state index contributed by atoms with van der Waals surface area (Å²) in [5.41, 5.74) is 0.814. The molecule has 0 atom stereocenters. The van der Waals surface area contributed by atoms with Crippen LogP contribution in [0.3, 0.4) is 0 Å². The summed E-state index contributed by atoms with van der Waals surface area (Å²) in [6.45, 7) is 0. The number of methoxy groups -OCH3 is 1. The molecule has 0 amide bonds. The molecule has 0 bridgehead atoms. The third-order valence-electron chi connectivity index (χ3n) is 1.44. The fourth-order valence-electron chi connectivity index (χ4n) is 0.924. The lowest BCUT2D eigenvalue weighted by molar-refractivity contribution is 0.414. The largest absolute Gasteiger partial charge is 0.497 e. The zero-order chi connectivity index (χ0) is 8.97. The Balaban J connectivity index is 2.97. The van der Waals surface area contributed by atoms with E-state index in [1.807, 2.05) is 0 Å². The van der Waals surface area contributed by atoms with Crippen LogP contribution in [0.1, 0.15) is 5.56 Å². The second kappa shape index (κ2) is 4.12. The van der Waals surface area contributed by atoms with Crippen molar-refractivity contribution in [3.05, 3.63) is 28.8 Å². The first-order valence-corrected chi connectivity index (χ1v) is 3.82. The molecule has 0 aliphatic carbocycles. The minimum absolute atomic E-state index is 0.247. The number of benzene rings is 1. The van der Waals surface area contributed by atoms with Crippen LogP contribution in [-0.2, 0) is 11.2 Å². The molecular formula is C9H8ClO2. The maximum absolute atomic E-state index is 10.1. The minimum atomic E-state index is 0.247. The zero-order valence-corrected chi connectivity index (χ0v) is 7.39. The molecule has 0 saturated heterocycles. The van der Waals surface area contributed by atoms with Crippen molar-refractivity contribution in [1.29, 1.82) is 0 Å². The number of hydrogen-bond acceptors (Lipinski definition) is 2. The molecule has 2 nitrogen and oxygen atoms in total. The van der Waals surface area contributed by atoms with Crippen molar-refractivity contribution in [2.24, 2.45) is 0 Å². The molecule has 1 radical (unpaired) electrons. The van der Waals surface area contributed by atoms with Gasteiger partial charge in [0.25, 0.3) is 0 Å². The van der Waals surface area contributed by atoms with Crippen molar-refractivity contribution < 1.29 is 9.53 Å². The molecule has 0 aromatic heterocycles. The molecule has 1 rings (SSSR count). The molecule has 0 saturated carbocycles. The molecule has 0 aliphatic rings. The van der Waals surface area contributed by atoms with Gasteiger partial charge in [0.2, 0.25) is 6.29 Å². The van der Waals surface area contributed by atoms with E-state index < -0.39 is 0 Å². The molecule has 1 aromatic rings. The summed E-state index contributed by atoms with van der Waals surface area (Å²) in [5, 5.41) is 0.569. The highest BCUT2D eigenvalue weighted by molar-refractivity contribution is 6.30. The van der Waals surface area contributed by atoms with E-state index in [0.717, 1.165) is 5.56 Å². The average Bonchev–Trinajstić information content (AvgIpc) is 2.04. The van der Waals surface area contributed by atoms with Crippen LogP contribution in [0.15, 0.2) is 18.2 Å². The van der Waals surface area contributed by atoms with E-state index >= 15 is 0 Å². The number of halogens is 1. The van der Waals surface area contributed by atoms with Crippen molar-refractivity contribution in [3.8, 4) is 5.75 Å². The Bertz CT molecular complexity index is 284. The van der Waals surface area contributed by atoms with Crippen molar-refractivity contribution >= 4 is 17.9 Å². The first kappa shape index (κ1) is 9.07. The van der Waals surface area contributed by atoms with Crippen LogP contribution in [0.25, 0.3) is 0 Å². The smallest absolute Gasteiger partial charge is 0.203 e. The Morgan fingerprint density at radius 2 is 2.25 bits per heavy atom. The van der Waals surface area contributed by atoms with E-state index in [9.17, 15) is 4.79 Å². The predicted octanol–water partition coefficient (Wildman–Crippen LogP) is 2.00. The molecule has 0 aliphatic heterocycles.